The van der Waals surface area contributed by atoms with Gasteiger partial charge in [-0.2, -0.15) is 5.26 Å². The van der Waals surface area contributed by atoms with E-state index in [1.54, 1.807) is 49.5 Å². The smallest absolute Gasteiger partial charge is 0.269 e. The van der Waals surface area contributed by atoms with Crippen LogP contribution < -0.4 is 4.90 Å². The number of rotatable bonds is 4. The molecule has 2 aromatic heterocycles. The number of nitrogens with zero attached hydrogens (tertiary/aromatic N) is 4. The summed E-state index contributed by atoms with van der Waals surface area (Å²) in [6.07, 6.45) is 1.66. The van der Waals surface area contributed by atoms with E-state index in [4.69, 9.17) is 4.74 Å². The molecule has 2 aromatic carbocycles. The summed E-state index contributed by atoms with van der Waals surface area (Å²) in [5.41, 5.74) is 4.87. The van der Waals surface area contributed by atoms with Crippen LogP contribution in [0.3, 0.4) is 0 Å². The van der Waals surface area contributed by atoms with Crippen molar-refractivity contribution >= 4 is 26.7 Å². The summed E-state index contributed by atoms with van der Waals surface area (Å²) in [6, 6.07) is 18.2. The average molecular weight is 473 g/mol. The minimum Gasteiger partial charge on any atom is -0.378 e. The van der Waals surface area contributed by atoms with Gasteiger partial charge in [-0.15, -0.1) is 0 Å². The van der Waals surface area contributed by atoms with Gasteiger partial charge in [-0.1, -0.05) is 29.8 Å². The second-order valence-electron chi connectivity index (χ2n) is 8.36. The molecule has 172 valence electrons. The van der Waals surface area contributed by atoms with Gasteiger partial charge in [-0.25, -0.2) is 17.4 Å². The van der Waals surface area contributed by atoms with Gasteiger partial charge < -0.3 is 9.64 Å². The van der Waals surface area contributed by atoms with Crippen molar-refractivity contribution in [1.82, 2.24) is 8.96 Å². The Kier molecular flexibility index (Phi) is 5.60. The number of ether oxygens (including phenoxy) is 1. The quantitative estimate of drug-likeness (QED) is 0.441. The molecule has 4 aromatic rings. The van der Waals surface area contributed by atoms with Gasteiger partial charge in [0.25, 0.3) is 10.0 Å². The van der Waals surface area contributed by atoms with Gasteiger partial charge >= 0.3 is 0 Å². The Morgan fingerprint density at radius 2 is 1.76 bits per heavy atom. The number of aryl methyl sites for hydroxylation is 1. The molecule has 34 heavy (non-hydrogen) atoms. The lowest BCUT2D eigenvalue weighted by atomic mass is 10.00. The lowest BCUT2D eigenvalue weighted by Crippen LogP contribution is -2.36. The first-order chi connectivity index (χ1) is 16.4. The van der Waals surface area contributed by atoms with Gasteiger partial charge in [-0.05, 0) is 49.7 Å². The second-order valence-corrected chi connectivity index (χ2v) is 10.2. The van der Waals surface area contributed by atoms with Crippen LogP contribution in [0.2, 0.25) is 0 Å². The van der Waals surface area contributed by atoms with Crippen molar-refractivity contribution in [2.75, 3.05) is 31.2 Å². The number of fused-ring (bicyclic) bond motifs is 1. The number of pyridine rings is 1. The van der Waals surface area contributed by atoms with E-state index < -0.39 is 10.0 Å². The number of hydrogen-bond donors (Lipinski definition) is 0. The van der Waals surface area contributed by atoms with Crippen LogP contribution in [0.1, 0.15) is 16.8 Å². The van der Waals surface area contributed by atoms with Crippen molar-refractivity contribution in [3.63, 3.8) is 0 Å². The van der Waals surface area contributed by atoms with Crippen LogP contribution in [-0.4, -0.2) is 43.7 Å². The number of aromatic nitrogens is 2. The highest BCUT2D eigenvalue weighted by atomic mass is 32.2. The lowest BCUT2D eigenvalue weighted by molar-refractivity contribution is 0.123. The molecule has 1 saturated heterocycles. The molecule has 0 unspecified atom stereocenters. The fourth-order valence-corrected chi connectivity index (χ4v) is 6.06. The van der Waals surface area contributed by atoms with E-state index in [0.29, 0.717) is 43.2 Å². The molecular weight excluding hydrogens is 448 g/mol. The topological polar surface area (TPSA) is 88.2 Å². The predicted octanol–water partition coefficient (Wildman–Crippen LogP) is 4.27. The van der Waals surface area contributed by atoms with Gasteiger partial charge in [0.1, 0.15) is 0 Å². The summed E-state index contributed by atoms with van der Waals surface area (Å²) < 4.78 is 34.6. The van der Waals surface area contributed by atoms with Crippen LogP contribution >= 0.6 is 0 Å². The molecule has 0 bridgehead atoms. The summed E-state index contributed by atoms with van der Waals surface area (Å²) in [6.45, 7) is 6.32. The zero-order valence-corrected chi connectivity index (χ0v) is 19.8. The van der Waals surface area contributed by atoms with Crippen LogP contribution in [0.25, 0.3) is 22.2 Å². The summed E-state index contributed by atoms with van der Waals surface area (Å²) in [5, 5.41) is 10.2. The zero-order valence-electron chi connectivity index (χ0n) is 19.0. The summed E-state index contributed by atoms with van der Waals surface area (Å²) in [4.78, 5) is 6.96. The number of hydrogen-bond acceptors (Lipinski definition) is 6. The Hall–Kier alpha value is -3.67. The molecule has 1 aliphatic heterocycles. The molecule has 0 amide bonds. The summed E-state index contributed by atoms with van der Waals surface area (Å²) >= 11 is 0. The number of anilines is 1. The normalized spacial score (nSPS) is 14.3. The lowest BCUT2D eigenvalue weighted by Gasteiger charge is -2.29. The van der Waals surface area contributed by atoms with Crippen molar-refractivity contribution in [1.29, 1.82) is 5.26 Å². The Balaban J connectivity index is 1.85. The molecule has 5 rings (SSSR count). The molecule has 3 heterocycles. The van der Waals surface area contributed by atoms with Crippen LogP contribution in [0, 0.1) is 25.2 Å². The molecule has 1 aliphatic rings. The number of nitriles is 1. The Morgan fingerprint density at radius 3 is 2.47 bits per heavy atom. The van der Waals surface area contributed by atoms with Crippen LogP contribution in [0.4, 0.5) is 5.69 Å². The summed E-state index contributed by atoms with van der Waals surface area (Å²) in [5.74, 6) is 0. The van der Waals surface area contributed by atoms with Crippen molar-refractivity contribution in [2.24, 2.45) is 0 Å². The molecule has 0 spiro atoms. The maximum absolute atomic E-state index is 13.9. The highest BCUT2D eigenvalue weighted by Crippen LogP contribution is 2.41. The zero-order chi connectivity index (χ0) is 23.9. The molecule has 1 fully saturated rings. The molecule has 0 saturated carbocycles. The molecule has 0 radical (unpaired) electrons. The van der Waals surface area contributed by atoms with Crippen molar-refractivity contribution in [3.8, 4) is 17.2 Å². The van der Waals surface area contributed by atoms with Gasteiger partial charge in [0.2, 0.25) is 0 Å². The highest BCUT2D eigenvalue weighted by Gasteiger charge is 2.29. The SMILES string of the molecule is Cc1ccc(S(=O)(=O)n2c(C)c(-c3cccc(C#N)c3)c3c(N4CCOCC4)ccnc32)cc1. The number of benzene rings is 2. The van der Waals surface area contributed by atoms with E-state index in [-0.39, 0.29) is 4.90 Å². The van der Waals surface area contributed by atoms with Gasteiger partial charge in [0.05, 0.1) is 40.8 Å². The Labute approximate surface area is 198 Å². The average Bonchev–Trinajstić information content (AvgIpc) is 3.17. The first-order valence-electron chi connectivity index (χ1n) is 11.1. The third-order valence-electron chi connectivity index (χ3n) is 6.21. The van der Waals surface area contributed by atoms with E-state index in [9.17, 15) is 13.7 Å². The molecule has 0 aliphatic carbocycles. The fourth-order valence-electron chi connectivity index (χ4n) is 4.55. The maximum atomic E-state index is 13.9. The van der Waals surface area contributed by atoms with Gasteiger partial charge in [0, 0.05) is 30.5 Å². The minimum atomic E-state index is -3.92. The fraction of sp³-hybridized carbons (Fsp3) is 0.231. The van der Waals surface area contributed by atoms with E-state index in [1.807, 2.05) is 25.1 Å². The predicted molar refractivity (Wildman–Crippen MR) is 131 cm³/mol. The standard InChI is InChI=1S/C26H24N4O3S/c1-18-6-8-22(9-7-18)34(31,32)30-19(2)24(21-5-3-4-20(16-21)17-27)25-23(10-11-28-26(25)30)29-12-14-33-15-13-29/h3-11,16H,12-15H2,1-2H3. The first kappa shape index (κ1) is 22.1. The molecule has 0 atom stereocenters. The maximum Gasteiger partial charge on any atom is 0.269 e. The number of morpholine rings is 1. The Morgan fingerprint density at radius 1 is 1.03 bits per heavy atom. The van der Waals surface area contributed by atoms with E-state index >= 15 is 0 Å². The van der Waals surface area contributed by atoms with E-state index in [1.165, 1.54) is 3.97 Å². The van der Waals surface area contributed by atoms with Crippen molar-refractivity contribution in [2.45, 2.75) is 18.7 Å². The highest BCUT2D eigenvalue weighted by molar-refractivity contribution is 7.90. The van der Waals surface area contributed by atoms with Crippen LogP contribution in [-0.2, 0) is 14.8 Å². The van der Waals surface area contributed by atoms with Crippen LogP contribution in [0.5, 0.6) is 0 Å². The monoisotopic (exact) mass is 472 g/mol. The van der Waals surface area contributed by atoms with Gasteiger partial charge in [-0.3, -0.25) is 0 Å². The second kappa shape index (κ2) is 8.60. The third kappa shape index (κ3) is 3.63. The Bertz CT molecular complexity index is 1530. The largest absolute Gasteiger partial charge is 0.378 e. The van der Waals surface area contributed by atoms with Crippen LogP contribution in [0.15, 0.2) is 65.7 Å². The molecule has 7 nitrogen and oxygen atoms in total. The van der Waals surface area contributed by atoms with E-state index in [0.717, 1.165) is 27.8 Å². The minimum absolute atomic E-state index is 0.203. The van der Waals surface area contributed by atoms with Gasteiger partial charge in [0.15, 0.2) is 5.65 Å². The molecular formula is C26H24N4O3S. The summed E-state index contributed by atoms with van der Waals surface area (Å²) in [7, 11) is -3.92. The molecule has 8 heteroatoms. The van der Waals surface area contributed by atoms with Crippen molar-refractivity contribution in [3.05, 3.63) is 77.6 Å². The first-order valence-corrected chi connectivity index (χ1v) is 12.5. The van der Waals surface area contributed by atoms with Crippen molar-refractivity contribution < 1.29 is 13.2 Å². The molecule has 0 N–H and O–H groups in total. The third-order valence-corrected chi connectivity index (χ3v) is 8.00. The van der Waals surface area contributed by atoms with E-state index in [2.05, 4.69) is 16.0 Å².